The van der Waals surface area contributed by atoms with E-state index in [1.165, 1.54) is 51.4 Å². The van der Waals surface area contributed by atoms with Crippen molar-refractivity contribution in [3.63, 3.8) is 0 Å². The first-order valence-corrected chi connectivity index (χ1v) is 14.1. The summed E-state index contributed by atoms with van der Waals surface area (Å²) in [7, 11) is 0. The van der Waals surface area contributed by atoms with E-state index in [4.69, 9.17) is 15.6 Å². The monoisotopic (exact) mass is 511 g/mol. The molecule has 0 rings (SSSR count). The van der Waals surface area contributed by atoms with Crippen molar-refractivity contribution in [2.75, 3.05) is 52.4 Å². The molecule has 0 saturated heterocycles. The molecule has 0 spiro atoms. The van der Waals surface area contributed by atoms with Gasteiger partial charge in [-0.25, -0.2) is 0 Å². The molecule has 8 heteroatoms. The summed E-state index contributed by atoms with van der Waals surface area (Å²) in [4.78, 5) is 20.9. The Morgan fingerprint density at radius 3 is 1.72 bits per heavy atom. The third-order valence-corrected chi connectivity index (χ3v) is 5.26. The van der Waals surface area contributed by atoms with E-state index in [9.17, 15) is 4.79 Å². The van der Waals surface area contributed by atoms with Gasteiger partial charge >= 0.3 is 0 Å². The van der Waals surface area contributed by atoms with E-state index in [0.29, 0.717) is 19.5 Å². The minimum absolute atomic E-state index is 0.182. The van der Waals surface area contributed by atoms with E-state index in [-0.39, 0.29) is 5.91 Å². The molecular weight excluding hydrogens is 454 g/mol. The summed E-state index contributed by atoms with van der Waals surface area (Å²) in [5, 5.41) is 20.4. The molecule has 8 nitrogen and oxygen atoms in total. The number of rotatable bonds is 25. The molecule has 0 aromatic carbocycles. The lowest BCUT2D eigenvalue weighted by Crippen LogP contribution is -2.36. The summed E-state index contributed by atoms with van der Waals surface area (Å²) in [5.41, 5.74) is 5.42. The van der Waals surface area contributed by atoms with Crippen molar-refractivity contribution in [2.24, 2.45) is 5.73 Å². The van der Waals surface area contributed by atoms with Crippen molar-refractivity contribution in [3.8, 4) is 0 Å². The zero-order valence-corrected chi connectivity index (χ0v) is 23.3. The molecule has 212 valence electrons. The zero-order chi connectivity index (χ0) is 27.0. The number of carboxylic acids is 1. The van der Waals surface area contributed by atoms with Gasteiger partial charge in [0.2, 0.25) is 5.91 Å². The molecule has 0 aliphatic carbocycles. The summed E-state index contributed by atoms with van der Waals surface area (Å²) in [6.45, 7) is 10.2. The highest BCUT2D eigenvalue weighted by atomic mass is 16.4. The Bertz CT molecular complexity index is 523. The van der Waals surface area contributed by atoms with Gasteiger partial charge in [0, 0.05) is 65.7 Å². The molecule has 0 atom stereocenters. The van der Waals surface area contributed by atoms with Crippen LogP contribution in [0.1, 0.15) is 90.9 Å². The van der Waals surface area contributed by atoms with Crippen LogP contribution < -0.4 is 27.0 Å². The Hall–Kier alpha value is -1.74. The van der Waals surface area contributed by atoms with Gasteiger partial charge in [0.25, 0.3) is 5.97 Å². The van der Waals surface area contributed by atoms with Crippen molar-refractivity contribution in [3.05, 3.63) is 24.3 Å². The molecule has 1 amide bonds. The number of allylic oxidation sites excluding steroid dienone is 4. The number of nitrogens with one attached hydrogen (secondary N) is 4. The van der Waals surface area contributed by atoms with E-state index in [1.807, 2.05) is 0 Å². The Labute approximate surface area is 221 Å². The van der Waals surface area contributed by atoms with Crippen molar-refractivity contribution in [1.82, 2.24) is 21.3 Å². The van der Waals surface area contributed by atoms with Crippen LogP contribution in [0.4, 0.5) is 0 Å². The number of aliphatic carboxylic acids is 1. The van der Waals surface area contributed by atoms with E-state index < -0.39 is 5.97 Å². The number of carboxylic acid groups (broad SMARTS) is 1. The Morgan fingerprint density at radius 2 is 1.17 bits per heavy atom. The average molecular weight is 512 g/mol. The Morgan fingerprint density at radius 1 is 0.694 bits per heavy atom. The van der Waals surface area contributed by atoms with E-state index >= 15 is 0 Å². The fourth-order valence-electron chi connectivity index (χ4n) is 3.31. The van der Waals surface area contributed by atoms with Crippen LogP contribution in [0.2, 0.25) is 0 Å². The first-order valence-electron chi connectivity index (χ1n) is 14.1. The standard InChI is InChI=1S/C26H53N5O.C2H4O2/c1-2-3-4-5-6-7-8-9-10-11-12-13-14-15-16-17-26(32)31-25-24-30-23-22-29-21-20-28-19-18-27;1-2(3)4/h6-7,9-10,28-30H,2-5,8,11-25,27H2,1H3,(H,31,32);1H3,(H,3,4)/b7-6+,10-9+;. The molecular formula is C28H57N5O3. The van der Waals surface area contributed by atoms with Crippen LogP contribution in [-0.2, 0) is 9.59 Å². The highest BCUT2D eigenvalue weighted by Gasteiger charge is 2.00. The molecule has 0 aliphatic heterocycles. The maximum Gasteiger partial charge on any atom is 0.300 e. The fraction of sp³-hybridized carbons (Fsp3) is 0.786. The second-order valence-corrected chi connectivity index (χ2v) is 8.89. The second kappa shape index (κ2) is 33.3. The Kier molecular flexibility index (Phi) is 33.6. The average Bonchev–Trinajstić information content (AvgIpc) is 2.84. The van der Waals surface area contributed by atoms with Gasteiger partial charge in [-0.05, 0) is 38.5 Å². The first kappa shape index (κ1) is 36.4. The topological polar surface area (TPSA) is 129 Å². The van der Waals surface area contributed by atoms with E-state index in [1.54, 1.807) is 0 Å². The third kappa shape index (κ3) is 39.5. The van der Waals surface area contributed by atoms with Crippen LogP contribution in [0.3, 0.4) is 0 Å². The van der Waals surface area contributed by atoms with Gasteiger partial charge in [0.15, 0.2) is 0 Å². The minimum atomic E-state index is -0.833. The zero-order valence-electron chi connectivity index (χ0n) is 23.3. The molecule has 0 aliphatic rings. The highest BCUT2D eigenvalue weighted by Crippen LogP contribution is 2.08. The van der Waals surface area contributed by atoms with Crippen molar-refractivity contribution in [1.29, 1.82) is 0 Å². The van der Waals surface area contributed by atoms with Crippen LogP contribution in [0, 0.1) is 0 Å². The second-order valence-electron chi connectivity index (χ2n) is 8.89. The summed E-state index contributed by atoms with van der Waals surface area (Å²) in [6, 6.07) is 0. The quantitative estimate of drug-likeness (QED) is 0.0814. The minimum Gasteiger partial charge on any atom is -0.481 e. The van der Waals surface area contributed by atoms with Crippen molar-refractivity contribution in [2.45, 2.75) is 90.9 Å². The predicted molar refractivity (Wildman–Crippen MR) is 153 cm³/mol. The van der Waals surface area contributed by atoms with Gasteiger partial charge in [-0.2, -0.15) is 0 Å². The molecule has 0 heterocycles. The Balaban J connectivity index is 0. The molecule has 0 unspecified atom stereocenters. The van der Waals surface area contributed by atoms with Crippen LogP contribution in [0.5, 0.6) is 0 Å². The number of hydrogen-bond acceptors (Lipinski definition) is 6. The maximum atomic E-state index is 11.9. The summed E-state index contributed by atoms with van der Waals surface area (Å²) in [5.74, 6) is -0.651. The van der Waals surface area contributed by atoms with Gasteiger partial charge < -0.3 is 32.1 Å². The summed E-state index contributed by atoms with van der Waals surface area (Å²) in [6.07, 6.45) is 23.2. The lowest BCUT2D eigenvalue weighted by atomic mass is 10.1. The summed E-state index contributed by atoms with van der Waals surface area (Å²) >= 11 is 0. The number of unbranched alkanes of at least 4 members (excludes halogenated alkanes) is 8. The fourth-order valence-corrected chi connectivity index (χ4v) is 3.31. The first-order chi connectivity index (χ1) is 17.5. The van der Waals surface area contributed by atoms with Crippen LogP contribution in [0.15, 0.2) is 24.3 Å². The lowest BCUT2D eigenvalue weighted by molar-refractivity contribution is -0.134. The smallest absolute Gasteiger partial charge is 0.300 e. The maximum absolute atomic E-state index is 11.9. The molecule has 0 bridgehead atoms. The number of carbonyl (C=O) groups is 2. The van der Waals surface area contributed by atoms with E-state index in [2.05, 4.69) is 52.5 Å². The predicted octanol–water partition coefficient (Wildman–Crippen LogP) is 3.73. The molecule has 0 radical (unpaired) electrons. The van der Waals surface area contributed by atoms with Gasteiger partial charge in [-0.3, -0.25) is 9.59 Å². The molecule has 36 heavy (non-hydrogen) atoms. The number of carbonyl (C=O) groups excluding carboxylic acids is 1. The number of amides is 1. The number of nitrogens with two attached hydrogens (primary N) is 1. The van der Waals surface area contributed by atoms with Gasteiger partial charge in [-0.1, -0.05) is 63.3 Å². The van der Waals surface area contributed by atoms with Crippen LogP contribution in [0.25, 0.3) is 0 Å². The SMILES string of the molecule is CC(=O)O.CCCCC/C=C/C/C=C/CCCCCCCC(=O)NCCNCCNCCNCCN. The molecule has 0 aromatic rings. The van der Waals surface area contributed by atoms with E-state index in [0.717, 1.165) is 65.5 Å². The number of hydrogen-bond donors (Lipinski definition) is 6. The molecule has 0 saturated carbocycles. The van der Waals surface area contributed by atoms with Gasteiger partial charge in [0.05, 0.1) is 0 Å². The van der Waals surface area contributed by atoms with Gasteiger partial charge in [0.1, 0.15) is 0 Å². The highest BCUT2D eigenvalue weighted by molar-refractivity contribution is 5.75. The lowest BCUT2D eigenvalue weighted by Gasteiger charge is -2.08. The summed E-state index contributed by atoms with van der Waals surface area (Å²) < 4.78 is 0. The molecule has 0 aromatic heterocycles. The largest absolute Gasteiger partial charge is 0.481 e. The normalized spacial score (nSPS) is 11.1. The van der Waals surface area contributed by atoms with Crippen LogP contribution in [-0.4, -0.2) is 69.3 Å². The molecule has 0 fully saturated rings. The van der Waals surface area contributed by atoms with Gasteiger partial charge in [-0.15, -0.1) is 0 Å². The molecule has 7 N–H and O–H groups in total. The third-order valence-electron chi connectivity index (χ3n) is 5.26. The van der Waals surface area contributed by atoms with Crippen molar-refractivity contribution < 1.29 is 14.7 Å². The van der Waals surface area contributed by atoms with Crippen molar-refractivity contribution >= 4 is 11.9 Å². The van der Waals surface area contributed by atoms with Crippen LogP contribution >= 0.6 is 0 Å².